The van der Waals surface area contributed by atoms with Gasteiger partial charge in [-0.05, 0) is 35.6 Å². The molecule has 0 heterocycles. The van der Waals surface area contributed by atoms with Crippen LogP contribution in [-0.4, -0.2) is 25.3 Å². The maximum atomic E-state index is 12.3. The first kappa shape index (κ1) is 19.6. The third-order valence-electron chi connectivity index (χ3n) is 4.31. The zero-order valence-corrected chi connectivity index (χ0v) is 15.2. The van der Waals surface area contributed by atoms with E-state index in [2.05, 4.69) is 6.07 Å². The van der Waals surface area contributed by atoms with Crippen LogP contribution < -0.4 is 0 Å². The number of methoxy groups -OCH3 is 1. The van der Waals surface area contributed by atoms with Gasteiger partial charge >= 0.3 is 0 Å². The second-order valence-electron chi connectivity index (χ2n) is 6.23. The molecule has 26 heavy (non-hydrogen) atoms. The average molecular weight is 349 g/mol. The molecule has 1 unspecified atom stereocenters. The third-order valence-corrected chi connectivity index (χ3v) is 4.31. The number of benzene rings is 2. The van der Waals surface area contributed by atoms with Gasteiger partial charge in [-0.15, -0.1) is 0 Å². The minimum absolute atomic E-state index is 0.0338. The summed E-state index contributed by atoms with van der Waals surface area (Å²) in [4.78, 5) is 24.6. The predicted molar refractivity (Wildman–Crippen MR) is 101 cm³/mol. The summed E-state index contributed by atoms with van der Waals surface area (Å²) in [6, 6.07) is 17.3. The fourth-order valence-corrected chi connectivity index (χ4v) is 2.96. The summed E-state index contributed by atoms with van der Waals surface area (Å²) in [5, 5.41) is 9.24. The number of rotatable bonds is 9. The quantitative estimate of drug-likeness (QED) is 0.643. The lowest BCUT2D eigenvalue weighted by molar-refractivity contribution is -0.135. The van der Waals surface area contributed by atoms with Crippen LogP contribution in [0.4, 0.5) is 0 Å². The Hall–Kier alpha value is -2.77. The Morgan fingerprint density at radius 2 is 1.77 bits per heavy atom. The predicted octanol–water partition coefficient (Wildman–Crippen LogP) is 3.97. The molecular formula is C22H23NO3. The fourth-order valence-electron chi connectivity index (χ4n) is 2.96. The minimum Gasteiger partial charge on any atom is -0.377 e. The Morgan fingerprint density at radius 1 is 1.08 bits per heavy atom. The zero-order valence-electron chi connectivity index (χ0n) is 15.2. The maximum Gasteiger partial charge on any atom is 0.169 e. The molecule has 2 aromatic rings. The number of carbonyl (C=O) groups excluding carboxylic acids is 2. The van der Waals surface area contributed by atoms with E-state index in [1.807, 2.05) is 49.4 Å². The highest BCUT2D eigenvalue weighted by molar-refractivity contribution is 6.03. The summed E-state index contributed by atoms with van der Waals surface area (Å²) in [5.74, 6) is -0.870. The van der Waals surface area contributed by atoms with Gasteiger partial charge in [-0.25, -0.2) is 0 Å². The van der Waals surface area contributed by atoms with Gasteiger partial charge in [0.25, 0.3) is 0 Å². The van der Waals surface area contributed by atoms with Crippen molar-refractivity contribution in [3.8, 4) is 17.2 Å². The number of hydrogen-bond acceptors (Lipinski definition) is 4. The highest BCUT2D eigenvalue weighted by Crippen LogP contribution is 2.24. The minimum atomic E-state index is -0.660. The van der Waals surface area contributed by atoms with E-state index in [1.54, 1.807) is 6.07 Å². The molecule has 0 radical (unpaired) electrons. The van der Waals surface area contributed by atoms with Crippen molar-refractivity contribution >= 4 is 11.6 Å². The standard InChI is InChI=1S/C22H23NO3/c1-3-6-21(24)20(22(25)15-26-2)13-16-9-11-17(12-10-16)19-8-5-4-7-18(19)14-23/h4-5,7-12,20H,3,6,13,15H2,1-2H3. The van der Waals surface area contributed by atoms with Crippen molar-refractivity contribution in [3.05, 3.63) is 59.7 Å². The first-order valence-electron chi connectivity index (χ1n) is 8.73. The lowest BCUT2D eigenvalue weighted by Crippen LogP contribution is -2.29. The lowest BCUT2D eigenvalue weighted by atomic mass is 9.88. The Kier molecular flexibility index (Phi) is 7.25. The molecule has 0 aliphatic carbocycles. The normalized spacial score (nSPS) is 11.6. The number of ether oxygens (including phenoxy) is 1. The molecular weight excluding hydrogens is 326 g/mol. The Labute approximate surface area is 154 Å². The van der Waals surface area contributed by atoms with Crippen molar-refractivity contribution in [2.75, 3.05) is 13.7 Å². The molecule has 0 aliphatic heterocycles. The van der Waals surface area contributed by atoms with Gasteiger partial charge in [-0.2, -0.15) is 5.26 Å². The molecule has 0 bridgehead atoms. The number of nitrogens with zero attached hydrogens (tertiary/aromatic N) is 1. The van der Waals surface area contributed by atoms with Crippen LogP contribution in [0.15, 0.2) is 48.5 Å². The van der Waals surface area contributed by atoms with Crippen molar-refractivity contribution in [3.63, 3.8) is 0 Å². The molecule has 4 heteroatoms. The lowest BCUT2D eigenvalue weighted by Gasteiger charge is -2.15. The molecule has 0 aliphatic rings. The van der Waals surface area contributed by atoms with E-state index in [4.69, 9.17) is 4.74 Å². The van der Waals surface area contributed by atoms with Gasteiger partial charge < -0.3 is 4.74 Å². The van der Waals surface area contributed by atoms with Gasteiger partial charge in [0.2, 0.25) is 0 Å². The Balaban J connectivity index is 2.21. The summed E-state index contributed by atoms with van der Waals surface area (Å²) in [7, 11) is 1.46. The van der Waals surface area contributed by atoms with Gasteiger partial charge in [0.1, 0.15) is 12.4 Å². The van der Waals surface area contributed by atoms with Crippen LogP contribution in [-0.2, 0) is 20.7 Å². The molecule has 134 valence electrons. The Bertz CT molecular complexity index is 785. The molecule has 0 fully saturated rings. The highest BCUT2D eigenvalue weighted by Gasteiger charge is 2.25. The molecule has 0 spiro atoms. The summed E-state index contributed by atoms with van der Waals surface area (Å²) >= 11 is 0. The fraction of sp³-hybridized carbons (Fsp3) is 0.318. The van der Waals surface area contributed by atoms with Gasteiger partial charge in [0.15, 0.2) is 5.78 Å². The van der Waals surface area contributed by atoms with Gasteiger partial charge in [-0.1, -0.05) is 49.4 Å². The van der Waals surface area contributed by atoms with Gasteiger partial charge in [0, 0.05) is 13.5 Å². The van der Waals surface area contributed by atoms with Crippen molar-refractivity contribution in [1.82, 2.24) is 0 Å². The van der Waals surface area contributed by atoms with Crippen molar-refractivity contribution in [2.24, 2.45) is 5.92 Å². The first-order valence-corrected chi connectivity index (χ1v) is 8.73. The van der Waals surface area contributed by atoms with E-state index < -0.39 is 5.92 Å². The summed E-state index contributed by atoms with van der Waals surface area (Å²) in [6.45, 7) is 1.88. The largest absolute Gasteiger partial charge is 0.377 e. The molecule has 0 N–H and O–H groups in total. The van der Waals surface area contributed by atoms with E-state index in [0.29, 0.717) is 18.4 Å². The number of Topliss-reactive ketones (excluding diaryl/α,β-unsaturated/α-hetero) is 2. The van der Waals surface area contributed by atoms with Crippen LogP contribution >= 0.6 is 0 Å². The molecule has 0 saturated carbocycles. The SMILES string of the molecule is CCCC(=O)C(Cc1ccc(-c2ccccc2C#N)cc1)C(=O)COC. The second-order valence-corrected chi connectivity index (χ2v) is 6.23. The number of hydrogen-bond donors (Lipinski definition) is 0. The highest BCUT2D eigenvalue weighted by atomic mass is 16.5. The van der Waals surface area contributed by atoms with Gasteiger partial charge in [0.05, 0.1) is 17.6 Å². The molecule has 0 aromatic heterocycles. The summed E-state index contributed by atoms with van der Waals surface area (Å²) in [6.07, 6.45) is 1.49. The molecule has 1 atom stereocenters. The van der Waals surface area contributed by atoms with Crippen LogP contribution in [0.1, 0.15) is 30.9 Å². The van der Waals surface area contributed by atoms with Crippen molar-refractivity contribution in [1.29, 1.82) is 5.26 Å². The monoisotopic (exact) mass is 349 g/mol. The topological polar surface area (TPSA) is 67.2 Å². The van der Waals surface area contributed by atoms with Gasteiger partial charge in [-0.3, -0.25) is 9.59 Å². The number of ketones is 2. The van der Waals surface area contributed by atoms with Crippen molar-refractivity contribution in [2.45, 2.75) is 26.2 Å². The number of carbonyl (C=O) groups is 2. The first-order chi connectivity index (χ1) is 12.6. The number of nitriles is 1. The molecule has 2 rings (SSSR count). The van der Waals surface area contributed by atoms with E-state index in [9.17, 15) is 14.9 Å². The second kappa shape index (κ2) is 9.65. The van der Waals surface area contributed by atoms with Crippen LogP contribution in [0.25, 0.3) is 11.1 Å². The third kappa shape index (κ3) is 4.87. The van der Waals surface area contributed by atoms with E-state index in [-0.39, 0.29) is 18.2 Å². The van der Waals surface area contributed by atoms with E-state index >= 15 is 0 Å². The summed E-state index contributed by atoms with van der Waals surface area (Å²) < 4.78 is 4.92. The van der Waals surface area contributed by atoms with Crippen LogP contribution in [0, 0.1) is 17.2 Å². The smallest absolute Gasteiger partial charge is 0.169 e. The molecule has 0 saturated heterocycles. The summed E-state index contributed by atoms with van der Waals surface area (Å²) in [5.41, 5.74) is 3.34. The van der Waals surface area contributed by atoms with Crippen LogP contribution in [0.5, 0.6) is 0 Å². The Morgan fingerprint density at radius 3 is 2.38 bits per heavy atom. The average Bonchev–Trinajstić information content (AvgIpc) is 2.67. The van der Waals surface area contributed by atoms with Crippen molar-refractivity contribution < 1.29 is 14.3 Å². The molecule has 0 amide bonds. The molecule has 2 aromatic carbocycles. The van der Waals surface area contributed by atoms with Crippen LogP contribution in [0.2, 0.25) is 0 Å². The maximum absolute atomic E-state index is 12.3. The van der Waals surface area contributed by atoms with E-state index in [1.165, 1.54) is 7.11 Å². The van der Waals surface area contributed by atoms with E-state index in [0.717, 1.165) is 23.1 Å². The zero-order chi connectivity index (χ0) is 18.9. The van der Waals surface area contributed by atoms with Crippen LogP contribution in [0.3, 0.4) is 0 Å². The molecule has 4 nitrogen and oxygen atoms in total.